The molecule has 0 unspecified atom stereocenters. The first-order chi connectivity index (χ1) is 21.4. The smallest absolute Gasteiger partial charge is 0.121 e. The van der Waals surface area contributed by atoms with Crippen LogP contribution in [0.15, 0.2) is 20.5 Å². The second-order valence-electron chi connectivity index (χ2n) is 15.0. The SMILES string of the molecule is CC(C)(N=NC1CCCCC1)SCCCCCCCCCCCCCCCCCCCCSC(C)(C)N=NC1CCCCC1. The maximum Gasteiger partial charge on any atom is 0.121 e. The van der Waals surface area contributed by atoms with E-state index >= 15 is 0 Å². The van der Waals surface area contributed by atoms with Gasteiger partial charge in [-0.1, -0.05) is 141 Å². The molecule has 0 N–H and O–H groups in total. The zero-order valence-corrected chi connectivity index (χ0v) is 31.6. The molecular weight excluding hydrogens is 577 g/mol. The van der Waals surface area contributed by atoms with E-state index in [1.54, 1.807) is 0 Å². The Labute approximate surface area is 283 Å². The second kappa shape index (κ2) is 25.9. The van der Waals surface area contributed by atoms with Crippen molar-refractivity contribution in [3.05, 3.63) is 0 Å². The van der Waals surface area contributed by atoms with Crippen molar-refractivity contribution in [3.63, 3.8) is 0 Å². The molecule has 0 heterocycles. The lowest BCUT2D eigenvalue weighted by Crippen LogP contribution is -2.14. The monoisotopic (exact) mass is 651 g/mol. The Balaban J connectivity index is 1.24. The van der Waals surface area contributed by atoms with Crippen LogP contribution in [0, 0.1) is 0 Å². The first-order valence-corrected chi connectivity index (χ1v) is 21.5. The molecule has 2 rings (SSSR count). The largest absolute Gasteiger partial charge is 0.189 e. The molecule has 0 aromatic heterocycles. The van der Waals surface area contributed by atoms with Gasteiger partial charge >= 0.3 is 0 Å². The number of hydrogen-bond acceptors (Lipinski definition) is 6. The van der Waals surface area contributed by atoms with Crippen molar-refractivity contribution in [2.75, 3.05) is 11.5 Å². The summed E-state index contributed by atoms with van der Waals surface area (Å²) in [5.41, 5.74) is 0. The molecule has 0 radical (unpaired) electrons. The highest BCUT2D eigenvalue weighted by Gasteiger charge is 2.20. The number of unbranched alkanes of at least 4 members (excludes halogenated alkanes) is 17. The molecule has 0 amide bonds. The zero-order valence-electron chi connectivity index (χ0n) is 30.0. The predicted molar refractivity (Wildman–Crippen MR) is 200 cm³/mol. The highest BCUT2D eigenvalue weighted by molar-refractivity contribution is 8.00. The number of nitrogens with zero attached hydrogens (tertiary/aromatic N) is 4. The first kappa shape index (κ1) is 40.1. The van der Waals surface area contributed by atoms with Gasteiger partial charge in [0.1, 0.15) is 9.74 Å². The maximum absolute atomic E-state index is 4.70. The lowest BCUT2D eigenvalue weighted by Gasteiger charge is -2.21. The van der Waals surface area contributed by atoms with Crippen LogP contribution in [-0.2, 0) is 0 Å². The zero-order chi connectivity index (χ0) is 31.6. The van der Waals surface area contributed by atoms with Crippen molar-refractivity contribution < 1.29 is 0 Å². The predicted octanol–water partition coefficient (Wildman–Crippen LogP) is 14.5. The van der Waals surface area contributed by atoms with E-state index in [0.29, 0.717) is 12.1 Å². The molecule has 44 heavy (non-hydrogen) atoms. The Morgan fingerprint density at radius 3 is 0.909 bits per heavy atom. The molecule has 0 aromatic carbocycles. The van der Waals surface area contributed by atoms with Crippen LogP contribution in [0.5, 0.6) is 0 Å². The van der Waals surface area contributed by atoms with Gasteiger partial charge in [-0.2, -0.15) is 20.5 Å². The van der Waals surface area contributed by atoms with Gasteiger partial charge in [0.2, 0.25) is 0 Å². The Hall–Kier alpha value is -0.100. The summed E-state index contributed by atoms with van der Waals surface area (Å²) in [6, 6.07) is 1.00. The molecule has 2 fully saturated rings. The van der Waals surface area contributed by atoms with Gasteiger partial charge in [-0.05, 0) is 77.7 Å². The van der Waals surface area contributed by atoms with Gasteiger partial charge in [-0.25, -0.2) is 0 Å². The van der Waals surface area contributed by atoms with Crippen molar-refractivity contribution >= 4 is 23.5 Å². The molecule has 0 saturated heterocycles. The summed E-state index contributed by atoms with van der Waals surface area (Å²) in [6.45, 7) is 8.95. The van der Waals surface area contributed by atoms with Gasteiger partial charge in [0.25, 0.3) is 0 Å². The molecule has 0 aliphatic heterocycles. The van der Waals surface area contributed by atoms with Gasteiger partial charge in [-0.15, -0.1) is 23.5 Å². The van der Waals surface area contributed by atoms with E-state index < -0.39 is 0 Å². The fraction of sp³-hybridized carbons (Fsp3) is 1.00. The molecule has 0 aromatic rings. The lowest BCUT2D eigenvalue weighted by atomic mass is 9.96. The molecule has 2 aliphatic rings. The van der Waals surface area contributed by atoms with E-state index in [1.807, 2.05) is 23.5 Å². The van der Waals surface area contributed by atoms with E-state index in [-0.39, 0.29) is 9.74 Å². The third-order valence-corrected chi connectivity index (χ3v) is 12.1. The average Bonchev–Trinajstić information content (AvgIpc) is 3.02. The molecule has 0 spiro atoms. The summed E-state index contributed by atoms with van der Waals surface area (Å²) >= 11 is 3.99. The minimum atomic E-state index is -0.0451. The Morgan fingerprint density at radius 1 is 0.386 bits per heavy atom. The van der Waals surface area contributed by atoms with E-state index in [0.717, 1.165) is 0 Å². The summed E-state index contributed by atoms with van der Waals surface area (Å²) in [7, 11) is 0. The minimum absolute atomic E-state index is 0.0451. The Bertz CT molecular complexity index is 652. The molecule has 258 valence electrons. The van der Waals surface area contributed by atoms with Crippen LogP contribution < -0.4 is 0 Å². The number of hydrogen-bond donors (Lipinski definition) is 0. The number of azo groups is 2. The molecule has 2 saturated carbocycles. The number of thioether (sulfide) groups is 2. The van der Waals surface area contributed by atoms with Gasteiger partial charge in [0.15, 0.2) is 0 Å². The Morgan fingerprint density at radius 2 is 0.636 bits per heavy atom. The van der Waals surface area contributed by atoms with E-state index in [1.165, 1.54) is 191 Å². The van der Waals surface area contributed by atoms with Crippen LogP contribution in [0.3, 0.4) is 0 Å². The molecule has 0 bridgehead atoms. The van der Waals surface area contributed by atoms with E-state index in [4.69, 9.17) is 10.2 Å². The highest BCUT2D eigenvalue weighted by atomic mass is 32.2. The normalized spacial score (nSPS) is 17.8. The van der Waals surface area contributed by atoms with E-state index in [2.05, 4.69) is 37.9 Å². The maximum atomic E-state index is 4.70. The second-order valence-corrected chi connectivity index (χ2v) is 18.4. The van der Waals surface area contributed by atoms with Crippen molar-refractivity contribution in [1.29, 1.82) is 0 Å². The van der Waals surface area contributed by atoms with Gasteiger partial charge in [-0.3, -0.25) is 0 Å². The molecule has 6 heteroatoms. The number of rotatable bonds is 27. The molecule has 2 aliphatic carbocycles. The van der Waals surface area contributed by atoms with Gasteiger partial charge < -0.3 is 0 Å². The van der Waals surface area contributed by atoms with Crippen molar-refractivity contribution in [2.24, 2.45) is 20.5 Å². The fourth-order valence-electron chi connectivity index (χ4n) is 6.57. The Kier molecular flexibility index (Phi) is 23.6. The van der Waals surface area contributed by atoms with Crippen molar-refractivity contribution in [1.82, 2.24) is 0 Å². The van der Waals surface area contributed by atoms with Crippen molar-refractivity contribution in [2.45, 2.75) is 229 Å². The van der Waals surface area contributed by atoms with E-state index in [9.17, 15) is 0 Å². The highest BCUT2D eigenvalue weighted by Crippen LogP contribution is 2.31. The first-order valence-electron chi connectivity index (χ1n) is 19.5. The van der Waals surface area contributed by atoms with Crippen LogP contribution in [0.2, 0.25) is 0 Å². The third kappa shape index (κ3) is 23.3. The summed E-state index contributed by atoms with van der Waals surface area (Å²) in [4.78, 5) is -0.0902. The van der Waals surface area contributed by atoms with Crippen molar-refractivity contribution in [3.8, 4) is 0 Å². The van der Waals surface area contributed by atoms with Crippen LogP contribution >= 0.6 is 23.5 Å². The fourth-order valence-corrected chi connectivity index (χ4v) is 8.47. The summed E-state index contributed by atoms with van der Waals surface area (Å²) in [5.74, 6) is 2.45. The van der Waals surface area contributed by atoms with Gasteiger partial charge in [0.05, 0.1) is 12.1 Å². The third-order valence-electron chi connectivity index (χ3n) is 9.52. The van der Waals surface area contributed by atoms with Gasteiger partial charge in [0, 0.05) is 0 Å². The summed E-state index contributed by atoms with van der Waals surface area (Å²) in [5, 5.41) is 18.8. The minimum Gasteiger partial charge on any atom is -0.189 e. The quantitative estimate of drug-likeness (QED) is 0.0656. The standard InChI is InChI=1S/C38H74N4S2/c1-37(2,41-39-35-29-23-21-24-30-35)43-33-27-19-17-15-13-11-9-7-5-6-8-10-12-14-16-18-20-28-34-44-38(3,4)42-40-36-31-25-22-26-32-36/h35-36H,5-34H2,1-4H3. The van der Waals surface area contributed by atoms with Crippen LogP contribution in [0.1, 0.15) is 207 Å². The lowest BCUT2D eigenvalue weighted by molar-refractivity contribution is 0.421. The summed E-state index contributed by atoms with van der Waals surface area (Å²) in [6.07, 6.45) is 38.8. The molecule has 0 atom stereocenters. The molecular formula is C38H74N4S2. The topological polar surface area (TPSA) is 49.4 Å². The van der Waals surface area contributed by atoms with Crippen LogP contribution in [0.4, 0.5) is 0 Å². The molecule has 4 nitrogen and oxygen atoms in total. The van der Waals surface area contributed by atoms with Crippen LogP contribution in [-0.4, -0.2) is 33.3 Å². The van der Waals surface area contributed by atoms with Crippen LogP contribution in [0.25, 0.3) is 0 Å². The average molecular weight is 651 g/mol. The summed E-state index contributed by atoms with van der Waals surface area (Å²) < 4.78 is 0.